The van der Waals surface area contributed by atoms with Crippen LogP contribution in [-0.4, -0.2) is 27.3 Å². The molecule has 0 saturated carbocycles. The van der Waals surface area contributed by atoms with Gasteiger partial charge >= 0.3 is 0 Å². The van der Waals surface area contributed by atoms with Gasteiger partial charge in [-0.1, -0.05) is 41.1 Å². The molecule has 1 aromatic carbocycles. The van der Waals surface area contributed by atoms with E-state index in [0.717, 1.165) is 42.3 Å². The summed E-state index contributed by atoms with van der Waals surface area (Å²) in [5, 5.41) is 17.0. The molecule has 0 aliphatic heterocycles. The molecule has 0 spiro atoms. The van der Waals surface area contributed by atoms with Gasteiger partial charge in [0.15, 0.2) is 5.96 Å². The van der Waals surface area contributed by atoms with Crippen LogP contribution >= 0.6 is 27.3 Å². The summed E-state index contributed by atoms with van der Waals surface area (Å²) in [4.78, 5) is 6.01. The summed E-state index contributed by atoms with van der Waals surface area (Å²) in [6, 6.07) is 12.4. The van der Waals surface area contributed by atoms with Crippen molar-refractivity contribution in [2.75, 3.05) is 6.54 Å². The minimum Gasteiger partial charge on any atom is -0.355 e. The summed E-state index contributed by atoms with van der Waals surface area (Å²) < 4.78 is 3.14. The molecule has 0 amide bonds. The number of nitrogens with zero attached hydrogens (tertiary/aromatic N) is 4. The first-order chi connectivity index (χ1) is 13.2. The summed E-state index contributed by atoms with van der Waals surface area (Å²) in [5.41, 5.74) is 1.17. The molecule has 3 aromatic rings. The average Bonchev–Trinajstić information content (AvgIpc) is 3.36. The third-order valence-electron chi connectivity index (χ3n) is 4.00. The Bertz CT molecular complexity index is 841. The van der Waals surface area contributed by atoms with E-state index in [1.54, 1.807) is 17.7 Å². The van der Waals surface area contributed by atoms with Crippen molar-refractivity contribution in [2.24, 2.45) is 4.99 Å². The van der Waals surface area contributed by atoms with Crippen LogP contribution in [0.2, 0.25) is 0 Å². The van der Waals surface area contributed by atoms with Crippen LogP contribution in [-0.2, 0) is 26.1 Å². The second-order valence-corrected chi connectivity index (χ2v) is 7.89. The van der Waals surface area contributed by atoms with E-state index in [0.29, 0.717) is 6.54 Å². The SMILES string of the molecule is CCc1nncn1CCNC(=NCc1ccc(Br)cc1)NCc1cccs1. The molecule has 2 N–H and O–H groups in total. The van der Waals surface area contributed by atoms with E-state index < -0.39 is 0 Å². The Morgan fingerprint density at radius 2 is 2.07 bits per heavy atom. The van der Waals surface area contributed by atoms with Crippen molar-refractivity contribution < 1.29 is 0 Å². The molecule has 0 radical (unpaired) electrons. The first-order valence-corrected chi connectivity index (χ1v) is 10.6. The van der Waals surface area contributed by atoms with E-state index >= 15 is 0 Å². The van der Waals surface area contributed by atoms with Gasteiger partial charge in [-0.05, 0) is 29.1 Å². The summed E-state index contributed by atoms with van der Waals surface area (Å²) in [6.45, 7) is 5.02. The van der Waals surface area contributed by atoms with Crippen LogP contribution in [0, 0.1) is 0 Å². The van der Waals surface area contributed by atoms with E-state index in [1.165, 1.54) is 10.4 Å². The van der Waals surface area contributed by atoms with Gasteiger partial charge in [-0.25, -0.2) is 4.99 Å². The van der Waals surface area contributed by atoms with Crippen molar-refractivity contribution in [1.29, 1.82) is 0 Å². The number of guanidine groups is 1. The van der Waals surface area contributed by atoms with Crippen molar-refractivity contribution in [3.05, 3.63) is 68.8 Å². The number of hydrogen-bond acceptors (Lipinski definition) is 4. The predicted octanol–water partition coefficient (Wildman–Crippen LogP) is 3.60. The highest BCUT2D eigenvalue weighted by molar-refractivity contribution is 9.10. The van der Waals surface area contributed by atoms with E-state index in [1.807, 2.05) is 12.1 Å². The molecule has 3 rings (SSSR count). The Kier molecular flexibility index (Phi) is 7.41. The van der Waals surface area contributed by atoms with E-state index in [4.69, 9.17) is 4.99 Å². The van der Waals surface area contributed by atoms with Gasteiger partial charge in [0, 0.05) is 28.9 Å². The molecular formula is C19H23BrN6S. The number of thiophene rings is 1. The topological polar surface area (TPSA) is 67.1 Å². The lowest BCUT2D eigenvalue weighted by atomic mass is 10.2. The maximum absolute atomic E-state index is 4.73. The Hall–Kier alpha value is -2.19. The first kappa shape index (κ1) is 19.6. The van der Waals surface area contributed by atoms with E-state index in [9.17, 15) is 0 Å². The number of nitrogens with one attached hydrogen (secondary N) is 2. The Labute approximate surface area is 171 Å². The zero-order chi connectivity index (χ0) is 18.9. The molecular weight excluding hydrogens is 424 g/mol. The molecule has 0 bridgehead atoms. The molecule has 6 nitrogen and oxygen atoms in total. The number of hydrogen-bond donors (Lipinski definition) is 2. The summed E-state index contributed by atoms with van der Waals surface area (Å²) in [5.74, 6) is 1.80. The largest absolute Gasteiger partial charge is 0.355 e. The van der Waals surface area contributed by atoms with Gasteiger partial charge in [0.2, 0.25) is 0 Å². The number of aliphatic imine (C=N–C) groups is 1. The third-order valence-corrected chi connectivity index (χ3v) is 5.41. The maximum Gasteiger partial charge on any atom is 0.191 e. The van der Waals surface area contributed by atoms with Crippen LogP contribution in [0.3, 0.4) is 0 Å². The van der Waals surface area contributed by atoms with Crippen LogP contribution in [0.1, 0.15) is 23.2 Å². The predicted molar refractivity (Wildman–Crippen MR) is 114 cm³/mol. The summed E-state index contributed by atoms with van der Waals surface area (Å²) >= 11 is 5.20. The Morgan fingerprint density at radius 3 is 2.81 bits per heavy atom. The third kappa shape index (κ3) is 6.18. The van der Waals surface area contributed by atoms with Crippen LogP contribution in [0.4, 0.5) is 0 Å². The molecule has 2 aromatic heterocycles. The average molecular weight is 447 g/mol. The molecule has 0 fully saturated rings. The summed E-state index contributed by atoms with van der Waals surface area (Å²) in [6.07, 6.45) is 2.65. The first-order valence-electron chi connectivity index (χ1n) is 8.90. The fraction of sp³-hybridized carbons (Fsp3) is 0.316. The highest BCUT2D eigenvalue weighted by Crippen LogP contribution is 2.11. The quantitative estimate of drug-likeness (QED) is 0.409. The lowest BCUT2D eigenvalue weighted by molar-refractivity contribution is 0.631. The molecule has 0 aliphatic carbocycles. The highest BCUT2D eigenvalue weighted by Gasteiger charge is 2.04. The number of benzene rings is 1. The van der Waals surface area contributed by atoms with Gasteiger partial charge in [-0.15, -0.1) is 21.5 Å². The molecule has 2 heterocycles. The molecule has 142 valence electrons. The van der Waals surface area contributed by atoms with Crippen LogP contribution in [0.15, 0.2) is 57.6 Å². The Morgan fingerprint density at radius 1 is 1.22 bits per heavy atom. The van der Waals surface area contributed by atoms with E-state index in [2.05, 4.69) is 77.9 Å². The fourth-order valence-electron chi connectivity index (χ4n) is 2.55. The van der Waals surface area contributed by atoms with Crippen molar-refractivity contribution in [2.45, 2.75) is 33.0 Å². The lowest BCUT2D eigenvalue weighted by Crippen LogP contribution is -2.38. The number of aromatic nitrogens is 3. The molecule has 0 unspecified atom stereocenters. The van der Waals surface area contributed by atoms with Crippen molar-refractivity contribution in [3.63, 3.8) is 0 Å². The van der Waals surface area contributed by atoms with Gasteiger partial charge in [0.05, 0.1) is 13.1 Å². The Balaban J connectivity index is 1.59. The number of aryl methyl sites for hydroxylation is 1. The fourth-order valence-corrected chi connectivity index (χ4v) is 3.46. The molecule has 0 aliphatic rings. The normalized spacial score (nSPS) is 11.6. The van der Waals surface area contributed by atoms with Gasteiger partial charge < -0.3 is 15.2 Å². The second-order valence-electron chi connectivity index (χ2n) is 5.95. The highest BCUT2D eigenvalue weighted by atomic mass is 79.9. The van der Waals surface area contributed by atoms with Crippen molar-refractivity contribution in [1.82, 2.24) is 25.4 Å². The van der Waals surface area contributed by atoms with E-state index in [-0.39, 0.29) is 0 Å². The monoisotopic (exact) mass is 446 g/mol. The van der Waals surface area contributed by atoms with Gasteiger partial charge in [-0.3, -0.25) is 0 Å². The van der Waals surface area contributed by atoms with Crippen LogP contribution in [0.25, 0.3) is 0 Å². The smallest absolute Gasteiger partial charge is 0.191 e. The minimum absolute atomic E-state index is 0.625. The molecule has 0 atom stereocenters. The molecule has 27 heavy (non-hydrogen) atoms. The van der Waals surface area contributed by atoms with Crippen LogP contribution in [0.5, 0.6) is 0 Å². The number of rotatable bonds is 8. The maximum atomic E-state index is 4.73. The summed E-state index contributed by atoms with van der Waals surface area (Å²) in [7, 11) is 0. The second kappa shape index (κ2) is 10.2. The van der Waals surface area contributed by atoms with Gasteiger partial charge in [0.1, 0.15) is 12.2 Å². The van der Waals surface area contributed by atoms with Crippen molar-refractivity contribution >= 4 is 33.2 Å². The standard InChI is InChI=1S/C19H23BrN6S/c1-2-18-25-24-14-26(18)10-9-21-19(23-13-17-4-3-11-27-17)22-12-15-5-7-16(20)8-6-15/h3-8,11,14H,2,9-10,12-13H2,1H3,(H2,21,22,23). The van der Waals surface area contributed by atoms with Gasteiger partial charge in [0.25, 0.3) is 0 Å². The molecule has 0 saturated heterocycles. The number of halogens is 1. The minimum atomic E-state index is 0.625. The zero-order valence-electron chi connectivity index (χ0n) is 15.2. The molecule has 8 heteroatoms. The van der Waals surface area contributed by atoms with Crippen LogP contribution < -0.4 is 10.6 Å². The zero-order valence-corrected chi connectivity index (χ0v) is 17.6. The lowest BCUT2D eigenvalue weighted by Gasteiger charge is -2.13. The van der Waals surface area contributed by atoms with Crippen molar-refractivity contribution in [3.8, 4) is 0 Å². The van der Waals surface area contributed by atoms with Gasteiger partial charge in [-0.2, -0.15) is 0 Å².